The second-order valence-electron chi connectivity index (χ2n) is 4.55. The fraction of sp³-hybridized carbons (Fsp3) is 0.727. The number of rotatable bonds is 3. The highest BCUT2D eigenvalue weighted by molar-refractivity contribution is 7.85. The molecule has 0 aromatic carbocycles. The molecule has 1 aliphatic rings. The number of nitrogens with zero attached hydrogens (tertiary/aromatic N) is 1. The van der Waals surface area contributed by atoms with E-state index in [4.69, 9.17) is 10.3 Å². The normalized spacial score (nSPS) is 18.4. The highest BCUT2D eigenvalue weighted by Crippen LogP contribution is 2.27. The van der Waals surface area contributed by atoms with Crippen molar-refractivity contribution in [2.24, 2.45) is 0 Å². The molecule has 0 bridgehead atoms. The summed E-state index contributed by atoms with van der Waals surface area (Å²) in [6.45, 7) is 3.32. The second kappa shape index (κ2) is 7.18. The number of nitrogens with two attached hydrogens (primary N) is 1. The van der Waals surface area contributed by atoms with E-state index in [0.29, 0.717) is 12.3 Å². The Morgan fingerprint density at radius 1 is 1.58 bits per heavy atom. The topological polar surface area (TPSA) is 105 Å². The molecule has 0 fully saturated rings. The summed E-state index contributed by atoms with van der Waals surface area (Å²) in [5, 5.41) is 4.29. The van der Waals surface area contributed by atoms with Crippen molar-refractivity contribution in [1.29, 1.82) is 0 Å². The number of thiazole rings is 1. The van der Waals surface area contributed by atoms with Crippen molar-refractivity contribution in [1.82, 2.24) is 10.3 Å². The first-order valence-corrected chi connectivity index (χ1v) is 8.86. The molecule has 4 N–H and O–H groups in total. The van der Waals surface area contributed by atoms with Gasteiger partial charge >= 0.3 is 0 Å². The van der Waals surface area contributed by atoms with E-state index in [2.05, 4.69) is 17.2 Å². The number of aryl methyl sites for hydroxylation is 1. The summed E-state index contributed by atoms with van der Waals surface area (Å²) >= 11 is 1.65. The minimum Gasteiger partial charge on any atom is -0.375 e. The molecular formula is C11H21N3O3S2. The summed E-state index contributed by atoms with van der Waals surface area (Å²) in [6.07, 6.45) is 5.33. The lowest BCUT2D eigenvalue weighted by Crippen LogP contribution is -2.34. The maximum atomic E-state index is 9.19. The summed E-state index contributed by atoms with van der Waals surface area (Å²) in [7, 11) is -3.67. The van der Waals surface area contributed by atoms with Gasteiger partial charge in [-0.3, -0.25) is 4.55 Å². The number of hydrogen-bond donors (Lipinski definition) is 3. The third kappa shape index (κ3) is 6.86. The third-order valence-corrected chi connectivity index (χ3v) is 3.59. The van der Waals surface area contributed by atoms with Gasteiger partial charge in [-0.15, -0.1) is 11.3 Å². The Morgan fingerprint density at radius 2 is 2.21 bits per heavy atom. The van der Waals surface area contributed by atoms with Crippen molar-refractivity contribution in [3.8, 4) is 0 Å². The quantitative estimate of drug-likeness (QED) is 0.722. The summed E-state index contributed by atoms with van der Waals surface area (Å²) < 4.78 is 25.9. The van der Waals surface area contributed by atoms with Crippen LogP contribution >= 0.6 is 11.3 Å². The molecule has 6 nitrogen and oxygen atoms in total. The average molecular weight is 307 g/mol. The average Bonchev–Trinajstić information content (AvgIpc) is 2.63. The fourth-order valence-corrected chi connectivity index (χ4v) is 2.88. The Hall–Kier alpha value is -0.700. The van der Waals surface area contributed by atoms with Crippen molar-refractivity contribution >= 4 is 26.6 Å². The lowest BCUT2D eigenvalue weighted by Gasteiger charge is -2.21. The zero-order valence-electron chi connectivity index (χ0n) is 11.2. The fourth-order valence-electron chi connectivity index (χ4n) is 1.92. The van der Waals surface area contributed by atoms with Crippen molar-refractivity contribution < 1.29 is 13.0 Å². The van der Waals surface area contributed by atoms with Crippen LogP contribution in [0, 0.1) is 0 Å². The molecule has 0 amide bonds. The first-order chi connectivity index (χ1) is 8.79. The minimum absolute atomic E-state index is 0.641. The van der Waals surface area contributed by atoms with Gasteiger partial charge in [0.2, 0.25) is 0 Å². The molecular weight excluding hydrogens is 286 g/mol. The van der Waals surface area contributed by atoms with Gasteiger partial charge in [-0.1, -0.05) is 6.92 Å². The third-order valence-electron chi connectivity index (χ3n) is 2.64. The zero-order chi connectivity index (χ0) is 14.5. The molecule has 1 unspecified atom stereocenters. The van der Waals surface area contributed by atoms with E-state index in [9.17, 15) is 8.42 Å². The molecule has 1 aromatic heterocycles. The van der Waals surface area contributed by atoms with Gasteiger partial charge in [0.15, 0.2) is 5.13 Å². The Balaban J connectivity index is 0.000000312. The Labute approximate surface area is 118 Å². The standard InChI is InChI=1S/C10H17N3S.CH4O3S/c1-2-5-12-7-3-4-8-9(6-7)14-10(11)13-8;1-5(2,3)4/h7,12H,2-6H2,1H3,(H2,11,13);1H3,(H,2,3,4). The van der Waals surface area contributed by atoms with Gasteiger partial charge in [0.1, 0.15) is 0 Å². The maximum absolute atomic E-state index is 9.19. The van der Waals surface area contributed by atoms with Gasteiger partial charge in [-0.05, 0) is 32.2 Å². The summed E-state index contributed by atoms with van der Waals surface area (Å²) in [6, 6.07) is 0.641. The van der Waals surface area contributed by atoms with Crippen molar-refractivity contribution in [3.05, 3.63) is 10.6 Å². The molecule has 1 heterocycles. The first-order valence-electron chi connectivity index (χ1n) is 6.19. The first kappa shape index (κ1) is 16.4. The predicted octanol–water partition coefficient (Wildman–Crippen LogP) is 1.09. The number of hydrogen-bond acceptors (Lipinski definition) is 6. The minimum atomic E-state index is -3.67. The van der Waals surface area contributed by atoms with Crippen LogP contribution in [0.2, 0.25) is 0 Å². The van der Waals surface area contributed by atoms with E-state index < -0.39 is 10.1 Å². The Kier molecular flexibility index (Phi) is 6.18. The van der Waals surface area contributed by atoms with Crippen LogP contribution in [0.15, 0.2) is 0 Å². The SMILES string of the molecule is CCCNC1CCc2nc(N)sc2C1.CS(=O)(=O)O. The van der Waals surface area contributed by atoms with E-state index in [-0.39, 0.29) is 0 Å². The van der Waals surface area contributed by atoms with Crippen LogP contribution in [0.3, 0.4) is 0 Å². The number of nitrogen functional groups attached to an aromatic ring is 1. The monoisotopic (exact) mass is 307 g/mol. The zero-order valence-corrected chi connectivity index (χ0v) is 12.9. The van der Waals surface area contributed by atoms with E-state index in [1.807, 2.05) is 0 Å². The van der Waals surface area contributed by atoms with Crippen molar-refractivity contribution in [3.63, 3.8) is 0 Å². The molecule has 1 aliphatic carbocycles. The number of anilines is 1. The highest BCUT2D eigenvalue weighted by atomic mass is 32.2. The van der Waals surface area contributed by atoms with Gasteiger partial charge < -0.3 is 11.1 Å². The van der Waals surface area contributed by atoms with Crippen LogP contribution in [0.1, 0.15) is 30.3 Å². The van der Waals surface area contributed by atoms with Gasteiger partial charge in [-0.2, -0.15) is 8.42 Å². The molecule has 0 aliphatic heterocycles. The van der Waals surface area contributed by atoms with Crippen LogP contribution < -0.4 is 11.1 Å². The number of aromatic nitrogens is 1. The molecule has 0 radical (unpaired) electrons. The highest BCUT2D eigenvalue weighted by Gasteiger charge is 2.21. The van der Waals surface area contributed by atoms with Gasteiger partial charge in [0, 0.05) is 10.9 Å². The van der Waals surface area contributed by atoms with Gasteiger partial charge in [-0.25, -0.2) is 4.98 Å². The molecule has 1 atom stereocenters. The smallest absolute Gasteiger partial charge is 0.261 e. The molecule has 0 saturated heterocycles. The summed E-state index contributed by atoms with van der Waals surface area (Å²) in [5.41, 5.74) is 6.93. The summed E-state index contributed by atoms with van der Waals surface area (Å²) in [5.74, 6) is 0. The predicted molar refractivity (Wildman–Crippen MR) is 78.1 cm³/mol. The Morgan fingerprint density at radius 3 is 2.79 bits per heavy atom. The maximum Gasteiger partial charge on any atom is 0.261 e. The van der Waals surface area contributed by atoms with Crippen LogP contribution in [-0.4, -0.2) is 36.8 Å². The van der Waals surface area contributed by atoms with Crippen LogP contribution in [0.4, 0.5) is 5.13 Å². The number of nitrogens with one attached hydrogen (secondary N) is 1. The van der Waals surface area contributed by atoms with E-state index in [1.54, 1.807) is 11.3 Å². The van der Waals surface area contributed by atoms with Crippen molar-refractivity contribution in [2.45, 2.75) is 38.6 Å². The summed E-state index contributed by atoms with van der Waals surface area (Å²) in [4.78, 5) is 5.73. The van der Waals surface area contributed by atoms with Crippen LogP contribution in [0.25, 0.3) is 0 Å². The number of fused-ring (bicyclic) bond motifs is 1. The lowest BCUT2D eigenvalue weighted by molar-refractivity contribution is 0.460. The largest absolute Gasteiger partial charge is 0.375 e. The molecule has 19 heavy (non-hydrogen) atoms. The molecule has 110 valence electrons. The molecule has 2 rings (SSSR count). The Bertz CT molecular complexity index is 491. The lowest BCUT2D eigenvalue weighted by atomic mass is 9.98. The van der Waals surface area contributed by atoms with Gasteiger partial charge in [0.25, 0.3) is 10.1 Å². The van der Waals surface area contributed by atoms with E-state index >= 15 is 0 Å². The van der Waals surface area contributed by atoms with E-state index in [1.165, 1.54) is 23.4 Å². The van der Waals surface area contributed by atoms with Gasteiger partial charge in [0.05, 0.1) is 11.9 Å². The van der Waals surface area contributed by atoms with E-state index in [0.717, 1.165) is 24.5 Å². The molecule has 1 aromatic rings. The molecule has 8 heteroatoms. The van der Waals surface area contributed by atoms with Crippen molar-refractivity contribution in [2.75, 3.05) is 18.5 Å². The second-order valence-corrected chi connectivity index (χ2v) is 7.13. The molecule has 0 spiro atoms. The molecule has 0 saturated carbocycles. The van der Waals surface area contributed by atoms with Crippen LogP contribution in [0.5, 0.6) is 0 Å². The van der Waals surface area contributed by atoms with Crippen LogP contribution in [-0.2, 0) is 23.0 Å².